The minimum absolute atomic E-state index is 0.141. The molecule has 1 aromatic heterocycles. The molecule has 0 bridgehead atoms. The highest BCUT2D eigenvalue weighted by molar-refractivity contribution is 7.10. The molecule has 1 rings (SSSR count). The van der Waals surface area contributed by atoms with Crippen molar-refractivity contribution in [1.82, 2.24) is 5.32 Å². The third kappa shape index (κ3) is 6.81. The Morgan fingerprint density at radius 3 is 2.61 bits per heavy atom. The Kier molecular flexibility index (Phi) is 6.55. The molecular formula is C15H17N3O4S. The third-order valence-corrected chi connectivity index (χ3v) is 3.34. The first-order chi connectivity index (χ1) is 10.7. The van der Waals surface area contributed by atoms with Crippen molar-refractivity contribution >= 4 is 23.4 Å². The molecule has 1 N–H and O–H groups in total. The Labute approximate surface area is 138 Å². The summed E-state index contributed by atoms with van der Waals surface area (Å²) in [6, 6.07) is 4.33. The maximum absolute atomic E-state index is 12.0. The van der Waals surface area contributed by atoms with Crippen molar-refractivity contribution < 1.29 is 19.1 Å². The van der Waals surface area contributed by atoms with Crippen molar-refractivity contribution in [2.45, 2.75) is 38.8 Å². The van der Waals surface area contributed by atoms with E-state index in [1.807, 2.05) is 6.07 Å². The number of nitrogens with zero attached hydrogens (tertiary/aromatic N) is 2. The molecule has 23 heavy (non-hydrogen) atoms. The number of thiophene rings is 1. The van der Waals surface area contributed by atoms with Gasteiger partial charge in [-0.3, -0.25) is 0 Å². The third-order valence-electron chi connectivity index (χ3n) is 2.46. The second-order valence-corrected chi connectivity index (χ2v) is 6.51. The number of esters is 1. The lowest BCUT2D eigenvalue weighted by Crippen LogP contribution is -2.45. The highest BCUT2D eigenvalue weighted by atomic mass is 32.1. The van der Waals surface area contributed by atoms with E-state index in [2.05, 4.69) is 5.32 Å². The van der Waals surface area contributed by atoms with Crippen LogP contribution in [0.1, 0.15) is 31.2 Å². The average molecular weight is 335 g/mol. The van der Waals surface area contributed by atoms with Gasteiger partial charge in [0.1, 0.15) is 28.7 Å². The van der Waals surface area contributed by atoms with E-state index in [-0.39, 0.29) is 6.42 Å². The monoisotopic (exact) mass is 335 g/mol. The summed E-state index contributed by atoms with van der Waals surface area (Å²) in [5.41, 5.74) is 0.00294. The van der Waals surface area contributed by atoms with Crippen LogP contribution in [0.5, 0.6) is 0 Å². The van der Waals surface area contributed by atoms with Crippen LogP contribution in [0.3, 0.4) is 0 Å². The number of hydrogen-bond acceptors (Lipinski definition) is 7. The predicted octanol–water partition coefficient (Wildman–Crippen LogP) is 2.12. The van der Waals surface area contributed by atoms with Gasteiger partial charge in [0.25, 0.3) is 0 Å². The van der Waals surface area contributed by atoms with Gasteiger partial charge in [0.05, 0.1) is 0 Å². The zero-order valence-corrected chi connectivity index (χ0v) is 13.9. The van der Waals surface area contributed by atoms with Gasteiger partial charge < -0.3 is 14.8 Å². The summed E-state index contributed by atoms with van der Waals surface area (Å²) in [6.07, 6.45) is -0.617. The Hall–Kier alpha value is -2.58. The first-order valence-corrected chi connectivity index (χ1v) is 7.63. The lowest BCUT2D eigenvalue weighted by atomic mass is 10.1. The Bertz CT molecular complexity index is 649. The minimum atomic E-state index is -1.00. The summed E-state index contributed by atoms with van der Waals surface area (Å²) >= 11 is 1.24. The van der Waals surface area contributed by atoms with Gasteiger partial charge in [0.2, 0.25) is 0 Å². The Morgan fingerprint density at radius 1 is 1.39 bits per heavy atom. The van der Waals surface area contributed by atoms with Crippen LogP contribution in [-0.4, -0.2) is 30.3 Å². The second kappa shape index (κ2) is 8.16. The molecule has 0 saturated carbocycles. The lowest BCUT2D eigenvalue weighted by Gasteiger charge is -2.22. The molecule has 1 atom stereocenters. The highest BCUT2D eigenvalue weighted by Gasteiger charge is 2.26. The SMILES string of the molecule is CC(C)(C)OC(=O)N[C@@H](Cc1csc(C#N)c1)C(=O)OCC#N. The Balaban J connectivity index is 2.80. The van der Waals surface area contributed by atoms with E-state index in [0.717, 1.165) is 0 Å². The summed E-state index contributed by atoms with van der Waals surface area (Å²) in [7, 11) is 0. The van der Waals surface area contributed by atoms with E-state index in [1.54, 1.807) is 38.3 Å². The number of alkyl carbamates (subject to hydrolysis) is 1. The number of nitrogens with one attached hydrogen (secondary N) is 1. The quantitative estimate of drug-likeness (QED) is 0.825. The molecule has 0 aliphatic rings. The van der Waals surface area contributed by atoms with Gasteiger partial charge in [-0.05, 0) is 37.8 Å². The second-order valence-electron chi connectivity index (χ2n) is 5.60. The van der Waals surface area contributed by atoms with Crippen molar-refractivity contribution in [1.29, 1.82) is 10.5 Å². The molecule has 0 aliphatic carbocycles. The largest absolute Gasteiger partial charge is 0.449 e. The van der Waals surface area contributed by atoms with Crippen LogP contribution in [0, 0.1) is 22.7 Å². The summed E-state index contributed by atoms with van der Waals surface area (Å²) in [6.45, 7) is 4.70. The van der Waals surface area contributed by atoms with Gasteiger partial charge >= 0.3 is 12.1 Å². The van der Waals surface area contributed by atoms with Gasteiger partial charge in [0.15, 0.2) is 6.61 Å². The molecule has 0 spiro atoms. The van der Waals surface area contributed by atoms with Crippen molar-refractivity contribution in [3.63, 3.8) is 0 Å². The number of amides is 1. The minimum Gasteiger partial charge on any atom is -0.449 e. The molecular weight excluding hydrogens is 318 g/mol. The van der Waals surface area contributed by atoms with E-state index in [0.29, 0.717) is 10.4 Å². The standard InChI is InChI=1S/C15H17N3O4S/c1-15(2,3)22-14(20)18-12(13(19)21-5-4-16)7-10-6-11(8-17)23-9-10/h6,9,12H,5,7H2,1-3H3,(H,18,20)/t12-/m0/s1. The zero-order valence-electron chi connectivity index (χ0n) is 13.1. The summed E-state index contributed by atoms with van der Waals surface area (Å²) in [4.78, 5) is 24.3. The van der Waals surface area contributed by atoms with Crippen LogP contribution in [-0.2, 0) is 20.7 Å². The topological polar surface area (TPSA) is 112 Å². The molecule has 8 heteroatoms. The van der Waals surface area contributed by atoms with Crippen molar-refractivity contribution in [2.75, 3.05) is 6.61 Å². The molecule has 0 fully saturated rings. The van der Waals surface area contributed by atoms with E-state index in [4.69, 9.17) is 20.0 Å². The molecule has 0 saturated heterocycles. The molecule has 0 aliphatic heterocycles. The van der Waals surface area contributed by atoms with Gasteiger partial charge in [-0.25, -0.2) is 9.59 Å². The van der Waals surface area contributed by atoms with E-state index >= 15 is 0 Å². The van der Waals surface area contributed by atoms with Crippen LogP contribution < -0.4 is 5.32 Å². The van der Waals surface area contributed by atoms with Crippen LogP contribution in [0.25, 0.3) is 0 Å². The van der Waals surface area contributed by atoms with Crippen molar-refractivity contribution in [3.8, 4) is 12.1 Å². The fourth-order valence-electron chi connectivity index (χ4n) is 1.62. The molecule has 1 aromatic rings. The molecule has 7 nitrogen and oxygen atoms in total. The molecule has 1 heterocycles. The molecule has 1 amide bonds. The van der Waals surface area contributed by atoms with Gasteiger partial charge in [-0.1, -0.05) is 0 Å². The maximum Gasteiger partial charge on any atom is 0.408 e. The summed E-state index contributed by atoms with van der Waals surface area (Å²) < 4.78 is 9.87. The van der Waals surface area contributed by atoms with E-state index in [1.165, 1.54) is 11.3 Å². The smallest absolute Gasteiger partial charge is 0.408 e. The predicted molar refractivity (Wildman–Crippen MR) is 82.5 cm³/mol. The fraction of sp³-hybridized carbons (Fsp3) is 0.467. The first-order valence-electron chi connectivity index (χ1n) is 6.76. The molecule has 0 radical (unpaired) electrons. The number of nitriles is 2. The van der Waals surface area contributed by atoms with Crippen LogP contribution >= 0.6 is 11.3 Å². The average Bonchev–Trinajstić information content (AvgIpc) is 2.89. The highest BCUT2D eigenvalue weighted by Crippen LogP contribution is 2.16. The summed E-state index contributed by atoms with van der Waals surface area (Å²) in [5.74, 6) is -0.734. The van der Waals surface area contributed by atoms with Crippen LogP contribution in [0.2, 0.25) is 0 Å². The number of rotatable bonds is 5. The Morgan fingerprint density at radius 2 is 2.09 bits per heavy atom. The molecule has 0 aromatic carbocycles. The number of ether oxygens (including phenoxy) is 2. The van der Waals surface area contributed by atoms with E-state index < -0.39 is 30.3 Å². The van der Waals surface area contributed by atoms with Crippen LogP contribution in [0.15, 0.2) is 11.4 Å². The molecule has 0 unspecified atom stereocenters. The number of carbonyl (C=O) groups is 2. The van der Waals surface area contributed by atoms with Gasteiger partial charge in [-0.2, -0.15) is 10.5 Å². The first kappa shape index (κ1) is 18.5. The number of hydrogen-bond donors (Lipinski definition) is 1. The van der Waals surface area contributed by atoms with Crippen LogP contribution in [0.4, 0.5) is 4.79 Å². The normalized spacial score (nSPS) is 11.7. The zero-order chi connectivity index (χ0) is 17.5. The van der Waals surface area contributed by atoms with Crippen molar-refractivity contribution in [3.05, 3.63) is 21.9 Å². The molecule has 122 valence electrons. The van der Waals surface area contributed by atoms with Crippen molar-refractivity contribution in [2.24, 2.45) is 0 Å². The van der Waals surface area contributed by atoms with Gasteiger partial charge in [-0.15, -0.1) is 11.3 Å². The maximum atomic E-state index is 12.0. The summed E-state index contributed by atoms with van der Waals surface area (Å²) in [5, 5.41) is 21.5. The fourth-order valence-corrected chi connectivity index (χ4v) is 2.34. The number of carbonyl (C=O) groups excluding carboxylic acids is 2. The van der Waals surface area contributed by atoms with Gasteiger partial charge in [0, 0.05) is 6.42 Å². The van der Waals surface area contributed by atoms with E-state index in [9.17, 15) is 9.59 Å². The lowest BCUT2D eigenvalue weighted by molar-refractivity contribution is -0.144.